The average molecular weight is 404 g/mol. The molecule has 1 saturated heterocycles. The molecule has 29 heavy (non-hydrogen) atoms. The summed E-state index contributed by atoms with van der Waals surface area (Å²) in [7, 11) is 4.03. The van der Waals surface area contributed by atoms with Gasteiger partial charge in [-0.3, -0.25) is 4.79 Å². The van der Waals surface area contributed by atoms with E-state index in [-0.39, 0.29) is 30.2 Å². The Kier molecular flexibility index (Phi) is 5.87. The number of aromatic amines is 1. The van der Waals surface area contributed by atoms with E-state index >= 15 is 0 Å². The molecule has 1 aromatic heterocycles. The number of hydrogen-bond acceptors (Lipinski definition) is 5. The van der Waals surface area contributed by atoms with E-state index in [9.17, 15) is 9.18 Å². The molecule has 1 saturated carbocycles. The third-order valence-corrected chi connectivity index (χ3v) is 5.90. The van der Waals surface area contributed by atoms with Crippen molar-refractivity contribution in [1.29, 1.82) is 0 Å². The fourth-order valence-electron chi connectivity index (χ4n) is 4.41. The van der Waals surface area contributed by atoms with Gasteiger partial charge in [0.25, 0.3) is 5.91 Å². The van der Waals surface area contributed by atoms with Crippen molar-refractivity contribution in [2.24, 2.45) is 5.92 Å². The van der Waals surface area contributed by atoms with Crippen molar-refractivity contribution in [3.63, 3.8) is 0 Å². The van der Waals surface area contributed by atoms with Crippen LogP contribution in [0.2, 0.25) is 0 Å². The van der Waals surface area contributed by atoms with Crippen molar-refractivity contribution in [2.75, 3.05) is 20.6 Å². The summed E-state index contributed by atoms with van der Waals surface area (Å²) in [6, 6.07) is 4.83. The standard InChI is InChI=1S/C21H30FN5O2/c1-12-7-8-16(22)15-10-17(24-19(12)15)20(28)23-14-6-4-5-13(9-14)21-26-25-18(29-21)11-27(2)3/h7-8,10,13-14,18,21,24-26H,4-6,9,11H2,1-3H3,(H,23,28)/t13-,14+,18?,21-/m0/s1. The number of benzene rings is 1. The summed E-state index contributed by atoms with van der Waals surface area (Å²) in [5.74, 6) is -0.173. The number of amides is 1. The summed E-state index contributed by atoms with van der Waals surface area (Å²) < 4.78 is 20.1. The number of aromatic nitrogens is 1. The molecule has 4 N–H and O–H groups in total. The first kappa shape index (κ1) is 20.3. The fraction of sp³-hybridized carbons (Fsp3) is 0.571. The first-order chi connectivity index (χ1) is 13.9. The molecule has 7 nitrogen and oxygen atoms in total. The molecule has 8 heteroatoms. The van der Waals surface area contributed by atoms with Gasteiger partial charge in [-0.15, -0.1) is 0 Å². The van der Waals surface area contributed by atoms with Crippen LogP contribution in [0.3, 0.4) is 0 Å². The largest absolute Gasteiger partial charge is 0.350 e. The monoisotopic (exact) mass is 403 g/mol. The van der Waals surface area contributed by atoms with Gasteiger partial charge in [-0.05, 0) is 58.0 Å². The minimum absolute atomic E-state index is 0.0329. The first-order valence-corrected chi connectivity index (χ1v) is 10.3. The number of nitrogens with zero attached hydrogens (tertiary/aromatic N) is 1. The van der Waals surface area contributed by atoms with Gasteiger partial charge in [-0.1, -0.05) is 12.5 Å². The predicted molar refractivity (Wildman–Crippen MR) is 110 cm³/mol. The summed E-state index contributed by atoms with van der Waals surface area (Å²) in [6.45, 7) is 2.70. The van der Waals surface area contributed by atoms with Crippen molar-refractivity contribution < 1.29 is 13.9 Å². The molecule has 0 spiro atoms. The molecular weight excluding hydrogens is 373 g/mol. The third kappa shape index (κ3) is 4.45. The van der Waals surface area contributed by atoms with Crippen molar-refractivity contribution >= 4 is 16.8 Å². The van der Waals surface area contributed by atoms with Gasteiger partial charge in [0.1, 0.15) is 24.0 Å². The van der Waals surface area contributed by atoms with E-state index in [1.165, 1.54) is 6.07 Å². The summed E-state index contributed by atoms with van der Waals surface area (Å²) in [5.41, 5.74) is 8.46. The van der Waals surface area contributed by atoms with Gasteiger partial charge in [0, 0.05) is 23.9 Å². The van der Waals surface area contributed by atoms with Crippen LogP contribution in [0.15, 0.2) is 18.2 Å². The Morgan fingerprint density at radius 2 is 2.14 bits per heavy atom. The summed E-state index contributed by atoms with van der Waals surface area (Å²) in [5, 5.41) is 3.58. The maximum atomic E-state index is 14.1. The Bertz CT molecular complexity index is 844. The first-order valence-electron chi connectivity index (χ1n) is 10.3. The van der Waals surface area contributed by atoms with Crippen molar-refractivity contribution in [3.8, 4) is 0 Å². The highest BCUT2D eigenvalue weighted by atomic mass is 19.1. The molecule has 2 aliphatic rings. The number of carbonyl (C=O) groups excluding carboxylic acids is 1. The lowest BCUT2D eigenvalue weighted by Crippen LogP contribution is -2.44. The number of likely N-dealkylation sites (N-methyl/N-ethyl adjacent to an activating group) is 1. The number of hydrogen-bond donors (Lipinski definition) is 4. The van der Waals surface area contributed by atoms with E-state index in [1.54, 1.807) is 12.1 Å². The van der Waals surface area contributed by atoms with E-state index in [0.29, 0.717) is 22.5 Å². The minimum Gasteiger partial charge on any atom is -0.350 e. The quantitative estimate of drug-likeness (QED) is 0.616. The van der Waals surface area contributed by atoms with Crippen LogP contribution in [-0.2, 0) is 4.74 Å². The SMILES string of the molecule is Cc1ccc(F)c2cc(C(=O)N[C@@H]3CCC[C@H]([C@H]4NNC(CN(C)C)O4)C3)[nH]c12. The number of aryl methyl sites for hydroxylation is 1. The Morgan fingerprint density at radius 1 is 1.31 bits per heavy atom. The second-order valence-electron chi connectivity index (χ2n) is 8.53. The number of nitrogens with one attached hydrogen (secondary N) is 4. The number of carbonyl (C=O) groups is 1. The van der Waals surface area contributed by atoms with Gasteiger partial charge in [0.2, 0.25) is 0 Å². The number of H-pyrrole nitrogens is 1. The molecular formula is C21H30FN5O2. The summed E-state index contributed by atoms with van der Waals surface area (Å²) >= 11 is 0. The zero-order valence-electron chi connectivity index (χ0n) is 17.2. The van der Waals surface area contributed by atoms with E-state index in [1.807, 2.05) is 21.0 Å². The van der Waals surface area contributed by atoms with Crippen LogP contribution in [0.1, 0.15) is 41.7 Å². The Balaban J connectivity index is 1.38. The van der Waals surface area contributed by atoms with Gasteiger partial charge in [0.05, 0.1) is 5.52 Å². The molecule has 4 rings (SSSR count). The molecule has 1 aliphatic heterocycles. The summed E-state index contributed by atoms with van der Waals surface area (Å²) in [4.78, 5) is 17.9. The molecule has 0 radical (unpaired) electrons. The minimum atomic E-state index is -0.317. The van der Waals surface area contributed by atoms with Crippen LogP contribution in [-0.4, -0.2) is 54.9 Å². The zero-order chi connectivity index (χ0) is 20.5. The van der Waals surface area contributed by atoms with Crippen LogP contribution in [0.25, 0.3) is 10.9 Å². The van der Waals surface area contributed by atoms with Gasteiger partial charge in [-0.25, -0.2) is 15.2 Å². The van der Waals surface area contributed by atoms with E-state index in [4.69, 9.17) is 4.74 Å². The topological polar surface area (TPSA) is 81.4 Å². The van der Waals surface area contributed by atoms with Crippen molar-refractivity contribution in [1.82, 2.24) is 26.1 Å². The van der Waals surface area contributed by atoms with Crippen molar-refractivity contribution in [3.05, 3.63) is 35.3 Å². The lowest BCUT2D eigenvalue weighted by molar-refractivity contribution is -0.0199. The molecule has 2 aromatic rings. The number of fused-ring (bicyclic) bond motifs is 1. The average Bonchev–Trinajstić information content (AvgIpc) is 3.33. The number of hydrazine groups is 1. The Hall–Kier alpha value is -2.00. The van der Waals surface area contributed by atoms with Crippen LogP contribution >= 0.6 is 0 Å². The third-order valence-electron chi connectivity index (χ3n) is 5.90. The number of ether oxygens (including phenoxy) is 1. The van der Waals surface area contributed by atoms with Crippen LogP contribution in [0.5, 0.6) is 0 Å². The molecule has 1 amide bonds. The van der Waals surface area contributed by atoms with Crippen LogP contribution in [0, 0.1) is 18.7 Å². The maximum absolute atomic E-state index is 14.1. The van der Waals surface area contributed by atoms with Crippen molar-refractivity contribution in [2.45, 2.75) is 51.1 Å². The Morgan fingerprint density at radius 3 is 2.90 bits per heavy atom. The van der Waals surface area contributed by atoms with Gasteiger partial charge in [-0.2, -0.15) is 0 Å². The molecule has 0 bridgehead atoms. The second kappa shape index (κ2) is 8.39. The smallest absolute Gasteiger partial charge is 0.267 e. The zero-order valence-corrected chi connectivity index (χ0v) is 17.2. The predicted octanol–water partition coefficient (Wildman–Crippen LogP) is 2.24. The van der Waals surface area contributed by atoms with E-state index in [2.05, 4.69) is 26.1 Å². The highest BCUT2D eigenvalue weighted by Crippen LogP contribution is 2.29. The molecule has 4 atom stereocenters. The number of halogens is 1. The molecule has 1 aliphatic carbocycles. The lowest BCUT2D eigenvalue weighted by Gasteiger charge is -2.32. The highest BCUT2D eigenvalue weighted by Gasteiger charge is 2.35. The van der Waals surface area contributed by atoms with Gasteiger partial charge >= 0.3 is 0 Å². The Labute approximate surface area is 170 Å². The molecule has 2 heterocycles. The molecule has 2 fully saturated rings. The second-order valence-corrected chi connectivity index (χ2v) is 8.53. The number of rotatable bonds is 5. The molecule has 1 unspecified atom stereocenters. The van der Waals surface area contributed by atoms with Gasteiger partial charge < -0.3 is 19.9 Å². The lowest BCUT2D eigenvalue weighted by atomic mass is 9.84. The van der Waals surface area contributed by atoms with E-state index < -0.39 is 0 Å². The maximum Gasteiger partial charge on any atom is 0.267 e. The highest BCUT2D eigenvalue weighted by molar-refractivity contribution is 5.99. The normalized spacial score (nSPS) is 27.6. The van der Waals surface area contributed by atoms with Gasteiger partial charge in [0.15, 0.2) is 0 Å². The summed E-state index contributed by atoms with van der Waals surface area (Å²) in [6.07, 6.45) is 3.82. The van der Waals surface area contributed by atoms with Crippen LogP contribution < -0.4 is 16.2 Å². The molecule has 1 aromatic carbocycles. The van der Waals surface area contributed by atoms with Crippen LogP contribution in [0.4, 0.5) is 4.39 Å². The van der Waals surface area contributed by atoms with E-state index in [0.717, 1.165) is 37.8 Å². The molecule has 158 valence electrons. The fourth-order valence-corrected chi connectivity index (χ4v) is 4.41.